The van der Waals surface area contributed by atoms with Gasteiger partial charge in [-0.3, -0.25) is 4.99 Å². The van der Waals surface area contributed by atoms with Gasteiger partial charge in [0.15, 0.2) is 0 Å². The molecule has 0 saturated heterocycles. The van der Waals surface area contributed by atoms with E-state index in [1.54, 1.807) is 60.7 Å². The third-order valence-electron chi connectivity index (χ3n) is 4.16. The molecule has 0 aliphatic heterocycles. The molecule has 0 amide bonds. The quantitative estimate of drug-likeness (QED) is 0.335. The molecule has 0 bridgehead atoms. The van der Waals surface area contributed by atoms with E-state index in [1.165, 1.54) is 0 Å². The van der Waals surface area contributed by atoms with Crippen molar-refractivity contribution in [1.29, 1.82) is 0 Å². The minimum absolute atomic E-state index is 0.114. The van der Waals surface area contributed by atoms with Crippen molar-refractivity contribution >= 4 is 5.71 Å². The molecule has 0 aliphatic rings. The predicted molar refractivity (Wildman–Crippen MR) is 98.7 cm³/mol. The normalized spacial score (nSPS) is 11.9. The molecule has 0 heterocycles. The molecule has 0 fully saturated rings. The Kier molecular flexibility index (Phi) is 5.77. The van der Waals surface area contributed by atoms with Crippen molar-refractivity contribution < 1.29 is 26.3 Å². The Bertz CT molecular complexity index is 916. The van der Waals surface area contributed by atoms with E-state index in [4.69, 9.17) is 0 Å². The van der Waals surface area contributed by atoms with E-state index in [0.29, 0.717) is 29.0 Å². The zero-order valence-corrected chi connectivity index (χ0v) is 14.9. The number of rotatable bonds is 4. The van der Waals surface area contributed by atoms with Crippen LogP contribution in [0.3, 0.4) is 0 Å². The zero-order valence-electron chi connectivity index (χ0n) is 14.9. The van der Waals surface area contributed by atoms with Gasteiger partial charge in [0.25, 0.3) is 0 Å². The number of hydrogen-bond acceptors (Lipinski definition) is 1. The molecule has 0 aliphatic carbocycles. The van der Waals surface area contributed by atoms with E-state index in [2.05, 4.69) is 4.99 Å². The van der Waals surface area contributed by atoms with Crippen molar-refractivity contribution in [3.8, 4) is 0 Å². The molecular weight excluding hydrogens is 392 g/mol. The Morgan fingerprint density at radius 1 is 0.621 bits per heavy atom. The van der Waals surface area contributed by atoms with Crippen LogP contribution in [-0.4, -0.2) is 5.71 Å². The van der Waals surface area contributed by atoms with E-state index in [-0.39, 0.29) is 18.2 Å². The van der Waals surface area contributed by atoms with Gasteiger partial charge in [0.1, 0.15) is 0 Å². The van der Waals surface area contributed by atoms with Crippen LogP contribution >= 0.6 is 0 Å². The van der Waals surface area contributed by atoms with Crippen molar-refractivity contribution in [2.75, 3.05) is 0 Å². The summed E-state index contributed by atoms with van der Waals surface area (Å²) in [6.07, 6.45) is -9.77. The summed E-state index contributed by atoms with van der Waals surface area (Å²) >= 11 is 0. The fourth-order valence-corrected chi connectivity index (χ4v) is 2.82. The van der Waals surface area contributed by atoms with Crippen LogP contribution in [0.1, 0.15) is 27.8 Å². The van der Waals surface area contributed by atoms with E-state index in [9.17, 15) is 26.3 Å². The second-order valence-electron chi connectivity index (χ2n) is 6.31. The molecular formula is C22H15F6N. The second-order valence-corrected chi connectivity index (χ2v) is 6.31. The zero-order chi connectivity index (χ0) is 21.1. The molecule has 3 aromatic rings. The maximum absolute atomic E-state index is 13.1. The molecule has 0 aromatic heterocycles. The lowest BCUT2D eigenvalue weighted by atomic mass is 10.0. The highest BCUT2D eigenvalue weighted by Crippen LogP contribution is 2.36. The van der Waals surface area contributed by atoms with Crippen LogP contribution in [0.25, 0.3) is 0 Å². The molecule has 29 heavy (non-hydrogen) atoms. The second kappa shape index (κ2) is 8.11. The Balaban J connectivity index is 2.05. The fourth-order valence-electron chi connectivity index (χ4n) is 2.82. The fraction of sp³-hybridized carbons (Fsp3) is 0.136. The van der Waals surface area contributed by atoms with Gasteiger partial charge >= 0.3 is 12.4 Å². The van der Waals surface area contributed by atoms with Crippen LogP contribution in [0.4, 0.5) is 26.3 Å². The molecule has 3 aromatic carbocycles. The number of nitrogens with zero attached hydrogens (tertiary/aromatic N) is 1. The molecule has 7 heteroatoms. The Hall–Kier alpha value is -3.09. The SMILES string of the molecule is FC(F)(F)c1cc(CN=C(c2ccccc2)c2ccccc2)cc(C(F)(F)F)c1. The smallest absolute Gasteiger partial charge is 0.279 e. The lowest BCUT2D eigenvalue weighted by Gasteiger charge is -2.14. The molecule has 0 atom stereocenters. The lowest BCUT2D eigenvalue weighted by molar-refractivity contribution is -0.143. The first-order valence-electron chi connectivity index (χ1n) is 8.58. The molecule has 3 rings (SSSR count). The lowest BCUT2D eigenvalue weighted by Crippen LogP contribution is -2.12. The van der Waals surface area contributed by atoms with E-state index in [1.807, 2.05) is 0 Å². The van der Waals surface area contributed by atoms with E-state index in [0.717, 1.165) is 0 Å². The van der Waals surface area contributed by atoms with Gasteiger partial charge in [-0.1, -0.05) is 60.7 Å². The van der Waals surface area contributed by atoms with Crippen molar-refractivity contribution in [3.05, 3.63) is 107 Å². The molecule has 0 radical (unpaired) electrons. The number of aliphatic imine (C=N–C) groups is 1. The van der Waals surface area contributed by atoms with Gasteiger partial charge in [0.05, 0.1) is 23.4 Å². The summed E-state index contributed by atoms with van der Waals surface area (Å²) in [6, 6.07) is 19.3. The Morgan fingerprint density at radius 3 is 1.41 bits per heavy atom. The number of halogens is 6. The van der Waals surface area contributed by atoms with Gasteiger partial charge in [-0.25, -0.2) is 0 Å². The first-order valence-corrected chi connectivity index (χ1v) is 8.58. The third kappa shape index (κ3) is 5.25. The summed E-state index contributed by atoms with van der Waals surface area (Å²) < 4.78 is 78.4. The van der Waals surface area contributed by atoms with Crippen LogP contribution in [0.15, 0.2) is 83.9 Å². The summed E-state index contributed by atoms with van der Waals surface area (Å²) in [5.41, 5.74) is -0.964. The highest BCUT2D eigenvalue weighted by atomic mass is 19.4. The maximum Gasteiger partial charge on any atom is 0.416 e. The molecule has 1 nitrogen and oxygen atoms in total. The highest BCUT2D eigenvalue weighted by molar-refractivity contribution is 6.12. The van der Waals surface area contributed by atoms with Crippen molar-refractivity contribution in [2.45, 2.75) is 18.9 Å². The van der Waals surface area contributed by atoms with Gasteiger partial charge in [0.2, 0.25) is 0 Å². The first-order chi connectivity index (χ1) is 13.6. The number of alkyl halides is 6. The standard InChI is InChI=1S/C22H15F6N/c23-21(24,25)18-11-15(12-19(13-18)22(26,27)28)14-29-20(16-7-3-1-4-8-16)17-9-5-2-6-10-17/h1-13H,14H2. The Morgan fingerprint density at radius 2 is 1.03 bits per heavy atom. The topological polar surface area (TPSA) is 12.4 Å². The van der Waals surface area contributed by atoms with Gasteiger partial charge in [-0.05, 0) is 23.8 Å². The molecule has 0 saturated carbocycles. The first kappa shape index (κ1) is 20.6. The van der Waals surface area contributed by atoms with Crippen LogP contribution in [0.5, 0.6) is 0 Å². The third-order valence-corrected chi connectivity index (χ3v) is 4.16. The molecule has 0 spiro atoms. The van der Waals surface area contributed by atoms with Crippen molar-refractivity contribution in [2.24, 2.45) is 4.99 Å². The molecule has 0 N–H and O–H groups in total. The predicted octanol–water partition coefficient (Wildman–Crippen LogP) is 6.76. The van der Waals surface area contributed by atoms with Gasteiger partial charge in [-0.2, -0.15) is 26.3 Å². The molecule has 150 valence electrons. The summed E-state index contributed by atoms with van der Waals surface area (Å²) in [4.78, 5) is 4.36. The number of benzene rings is 3. The minimum Gasteiger partial charge on any atom is -0.279 e. The van der Waals surface area contributed by atoms with Crippen LogP contribution in [0, 0.1) is 0 Å². The molecule has 0 unspecified atom stereocenters. The summed E-state index contributed by atoms with van der Waals surface area (Å²) in [5.74, 6) is 0. The maximum atomic E-state index is 13.1. The number of hydrogen-bond donors (Lipinski definition) is 0. The Labute approximate surface area is 163 Å². The average molecular weight is 407 g/mol. The van der Waals surface area contributed by atoms with Gasteiger partial charge in [0, 0.05) is 11.1 Å². The monoisotopic (exact) mass is 407 g/mol. The average Bonchev–Trinajstić information content (AvgIpc) is 2.68. The van der Waals surface area contributed by atoms with Crippen molar-refractivity contribution in [3.63, 3.8) is 0 Å². The summed E-state index contributed by atoms with van der Waals surface area (Å²) in [7, 11) is 0. The van der Waals surface area contributed by atoms with E-state index >= 15 is 0 Å². The largest absolute Gasteiger partial charge is 0.416 e. The highest BCUT2D eigenvalue weighted by Gasteiger charge is 2.36. The van der Waals surface area contributed by atoms with Crippen LogP contribution in [-0.2, 0) is 18.9 Å². The van der Waals surface area contributed by atoms with Crippen molar-refractivity contribution in [1.82, 2.24) is 0 Å². The van der Waals surface area contributed by atoms with Gasteiger partial charge < -0.3 is 0 Å². The summed E-state index contributed by atoms with van der Waals surface area (Å²) in [6.45, 7) is -0.327. The van der Waals surface area contributed by atoms with Crippen LogP contribution < -0.4 is 0 Å². The van der Waals surface area contributed by atoms with Crippen LogP contribution in [0.2, 0.25) is 0 Å². The van der Waals surface area contributed by atoms with E-state index < -0.39 is 23.5 Å². The summed E-state index contributed by atoms with van der Waals surface area (Å²) in [5, 5.41) is 0. The van der Waals surface area contributed by atoms with Gasteiger partial charge in [-0.15, -0.1) is 0 Å². The minimum atomic E-state index is -4.89.